The van der Waals surface area contributed by atoms with Crippen molar-refractivity contribution in [2.75, 3.05) is 45.1 Å². The zero-order valence-electron chi connectivity index (χ0n) is 18.2. The van der Waals surface area contributed by atoms with E-state index in [0.717, 1.165) is 44.6 Å². The molecule has 3 rings (SSSR count). The number of urea groups is 1. The number of hydrogen-bond donors (Lipinski definition) is 1. The summed E-state index contributed by atoms with van der Waals surface area (Å²) < 4.78 is 0. The van der Waals surface area contributed by atoms with Crippen molar-refractivity contribution in [2.24, 2.45) is 5.92 Å². The fourth-order valence-corrected chi connectivity index (χ4v) is 4.64. The van der Waals surface area contributed by atoms with Gasteiger partial charge in [-0.2, -0.15) is 0 Å². The van der Waals surface area contributed by atoms with E-state index < -0.39 is 0 Å². The molecule has 1 heterocycles. The Morgan fingerprint density at radius 3 is 2.31 bits per heavy atom. The van der Waals surface area contributed by atoms with Crippen LogP contribution in [0.3, 0.4) is 0 Å². The minimum absolute atomic E-state index is 0.0311. The van der Waals surface area contributed by atoms with Gasteiger partial charge in [0.1, 0.15) is 0 Å². The molecule has 1 saturated heterocycles. The fourth-order valence-electron chi connectivity index (χ4n) is 4.64. The molecule has 1 aromatic rings. The number of hydrogen-bond acceptors (Lipinski definition) is 3. The Hall–Kier alpha value is -2.08. The summed E-state index contributed by atoms with van der Waals surface area (Å²) in [5.74, 6) is 0.714. The van der Waals surface area contributed by atoms with Gasteiger partial charge in [-0.1, -0.05) is 37.5 Å². The minimum Gasteiger partial charge on any atom is -0.344 e. The van der Waals surface area contributed by atoms with Crippen LogP contribution < -0.4 is 5.32 Å². The van der Waals surface area contributed by atoms with Crippen LogP contribution in [0, 0.1) is 12.8 Å². The van der Waals surface area contributed by atoms with E-state index in [0.29, 0.717) is 19.0 Å². The molecule has 1 saturated carbocycles. The van der Waals surface area contributed by atoms with Gasteiger partial charge >= 0.3 is 6.03 Å². The maximum atomic E-state index is 13.2. The highest BCUT2D eigenvalue weighted by molar-refractivity contribution is 5.89. The molecule has 6 heteroatoms. The second-order valence-electron chi connectivity index (χ2n) is 8.57. The lowest BCUT2D eigenvalue weighted by atomic mass is 9.94. The van der Waals surface area contributed by atoms with Gasteiger partial charge in [-0.3, -0.25) is 9.69 Å². The highest BCUT2D eigenvalue weighted by Gasteiger charge is 2.38. The monoisotopic (exact) mass is 400 g/mol. The van der Waals surface area contributed by atoms with E-state index in [1.807, 2.05) is 48.0 Å². The lowest BCUT2D eigenvalue weighted by Gasteiger charge is -2.41. The number of likely N-dealkylation sites (N-methyl/N-ethyl adjacent to an activating group) is 1. The maximum Gasteiger partial charge on any atom is 0.321 e. The first-order valence-electron chi connectivity index (χ1n) is 11.1. The molecule has 0 spiro atoms. The number of carbonyl (C=O) groups excluding carboxylic acids is 2. The highest BCUT2D eigenvalue weighted by Crippen LogP contribution is 2.32. The Morgan fingerprint density at radius 2 is 1.72 bits per heavy atom. The number of rotatable bonds is 6. The average molecular weight is 401 g/mol. The second kappa shape index (κ2) is 10.1. The summed E-state index contributed by atoms with van der Waals surface area (Å²) in [7, 11) is 1.93. The van der Waals surface area contributed by atoms with Crippen molar-refractivity contribution in [1.82, 2.24) is 14.7 Å². The van der Waals surface area contributed by atoms with Crippen molar-refractivity contribution in [3.63, 3.8) is 0 Å². The predicted octanol–water partition coefficient (Wildman–Crippen LogP) is 3.57. The van der Waals surface area contributed by atoms with Gasteiger partial charge in [0.05, 0.1) is 6.04 Å². The Kier molecular flexibility index (Phi) is 7.53. The van der Waals surface area contributed by atoms with E-state index in [-0.39, 0.29) is 18.0 Å². The molecule has 3 amide bonds. The summed E-state index contributed by atoms with van der Waals surface area (Å²) in [4.78, 5) is 31.9. The molecule has 160 valence electrons. The Bertz CT molecular complexity index is 677. The zero-order valence-corrected chi connectivity index (χ0v) is 18.2. The Morgan fingerprint density at radius 1 is 1.10 bits per heavy atom. The molecule has 1 aromatic carbocycles. The highest BCUT2D eigenvalue weighted by atomic mass is 16.2. The number of carbonyl (C=O) groups is 2. The third-order valence-corrected chi connectivity index (χ3v) is 6.33. The number of anilines is 1. The number of nitrogens with zero attached hydrogens (tertiary/aromatic N) is 3. The van der Waals surface area contributed by atoms with Gasteiger partial charge in [-0.15, -0.1) is 0 Å². The van der Waals surface area contributed by atoms with Gasteiger partial charge in [0, 0.05) is 45.5 Å². The van der Waals surface area contributed by atoms with Crippen LogP contribution in [0.5, 0.6) is 0 Å². The average Bonchev–Trinajstić information content (AvgIpc) is 3.25. The minimum atomic E-state index is -0.0552. The summed E-state index contributed by atoms with van der Waals surface area (Å²) in [6.07, 6.45) is 5.72. The van der Waals surface area contributed by atoms with Crippen LogP contribution in [0.4, 0.5) is 10.5 Å². The van der Waals surface area contributed by atoms with Crippen LogP contribution in [-0.2, 0) is 4.79 Å². The SMILES string of the molecule is CCCN(C)C(=O)[C@H](C1CCCC1)N1CCN(C(=O)Nc2ccc(C)cc2)CC1. The number of piperazine rings is 1. The van der Waals surface area contributed by atoms with E-state index in [1.54, 1.807) is 0 Å². The van der Waals surface area contributed by atoms with Crippen LogP contribution in [-0.4, -0.2) is 72.5 Å². The topological polar surface area (TPSA) is 55.9 Å². The third kappa shape index (κ3) is 5.50. The van der Waals surface area contributed by atoms with Crippen LogP contribution in [0.15, 0.2) is 24.3 Å². The molecule has 1 aliphatic carbocycles. The standard InChI is InChI=1S/C23H36N4O2/c1-4-13-25(3)22(28)21(19-7-5-6-8-19)26-14-16-27(17-15-26)23(29)24-20-11-9-18(2)10-12-20/h9-12,19,21H,4-8,13-17H2,1-3H3,(H,24,29)/t21-/m0/s1. The summed E-state index contributed by atoms with van der Waals surface area (Å²) in [6.45, 7) is 7.78. The normalized spacial score (nSPS) is 19.2. The summed E-state index contributed by atoms with van der Waals surface area (Å²) in [6, 6.07) is 7.77. The molecule has 0 radical (unpaired) electrons. The Balaban J connectivity index is 1.59. The molecule has 0 bridgehead atoms. The molecule has 1 atom stereocenters. The fraction of sp³-hybridized carbons (Fsp3) is 0.652. The van der Waals surface area contributed by atoms with Crippen molar-refractivity contribution in [2.45, 2.75) is 52.0 Å². The zero-order chi connectivity index (χ0) is 20.8. The molecule has 6 nitrogen and oxygen atoms in total. The molecule has 2 aliphatic rings. The predicted molar refractivity (Wildman–Crippen MR) is 117 cm³/mol. The molecule has 0 aromatic heterocycles. The lowest BCUT2D eigenvalue weighted by Crippen LogP contribution is -2.58. The van der Waals surface area contributed by atoms with Gasteiger partial charge in [0.15, 0.2) is 0 Å². The van der Waals surface area contributed by atoms with Gasteiger partial charge < -0.3 is 15.1 Å². The van der Waals surface area contributed by atoms with E-state index in [9.17, 15) is 9.59 Å². The molecular weight excluding hydrogens is 364 g/mol. The summed E-state index contributed by atoms with van der Waals surface area (Å²) in [5, 5.41) is 2.99. The number of nitrogens with one attached hydrogen (secondary N) is 1. The summed E-state index contributed by atoms with van der Waals surface area (Å²) >= 11 is 0. The molecular formula is C23H36N4O2. The molecule has 0 unspecified atom stereocenters. The van der Waals surface area contributed by atoms with E-state index >= 15 is 0 Å². The smallest absolute Gasteiger partial charge is 0.321 e. The number of benzene rings is 1. The lowest BCUT2D eigenvalue weighted by molar-refractivity contribution is -0.138. The molecule has 1 N–H and O–H groups in total. The quantitative estimate of drug-likeness (QED) is 0.794. The largest absolute Gasteiger partial charge is 0.344 e. The van der Waals surface area contributed by atoms with Crippen LogP contribution in [0.25, 0.3) is 0 Å². The van der Waals surface area contributed by atoms with Crippen molar-refractivity contribution in [1.29, 1.82) is 0 Å². The van der Waals surface area contributed by atoms with Gasteiger partial charge in [0.2, 0.25) is 5.91 Å². The van der Waals surface area contributed by atoms with Crippen LogP contribution in [0.2, 0.25) is 0 Å². The number of aryl methyl sites for hydroxylation is 1. The van der Waals surface area contributed by atoms with Crippen LogP contribution in [0.1, 0.15) is 44.6 Å². The van der Waals surface area contributed by atoms with Crippen molar-refractivity contribution in [3.8, 4) is 0 Å². The van der Waals surface area contributed by atoms with Gasteiger partial charge in [-0.05, 0) is 44.2 Å². The second-order valence-corrected chi connectivity index (χ2v) is 8.57. The van der Waals surface area contributed by atoms with Crippen molar-refractivity contribution < 1.29 is 9.59 Å². The van der Waals surface area contributed by atoms with Crippen molar-refractivity contribution in [3.05, 3.63) is 29.8 Å². The van der Waals surface area contributed by atoms with Gasteiger partial charge in [-0.25, -0.2) is 4.79 Å². The van der Waals surface area contributed by atoms with E-state index in [2.05, 4.69) is 17.1 Å². The van der Waals surface area contributed by atoms with Crippen LogP contribution >= 0.6 is 0 Å². The molecule has 2 fully saturated rings. The summed E-state index contributed by atoms with van der Waals surface area (Å²) in [5.41, 5.74) is 2.00. The first-order chi connectivity index (χ1) is 14.0. The maximum absolute atomic E-state index is 13.2. The first kappa shape index (κ1) is 21.6. The van der Waals surface area contributed by atoms with Crippen molar-refractivity contribution >= 4 is 17.6 Å². The third-order valence-electron chi connectivity index (χ3n) is 6.33. The van der Waals surface area contributed by atoms with E-state index in [1.165, 1.54) is 18.4 Å². The number of amides is 3. The first-order valence-corrected chi connectivity index (χ1v) is 11.1. The molecule has 1 aliphatic heterocycles. The molecule has 29 heavy (non-hydrogen) atoms. The van der Waals surface area contributed by atoms with E-state index in [4.69, 9.17) is 0 Å². The van der Waals surface area contributed by atoms with Gasteiger partial charge in [0.25, 0.3) is 0 Å². The Labute approximate surface area is 175 Å².